The van der Waals surface area contributed by atoms with E-state index < -0.39 is 0 Å². The summed E-state index contributed by atoms with van der Waals surface area (Å²) in [6, 6.07) is 0. The van der Waals surface area contributed by atoms with Crippen LogP contribution in [0.2, 0.25) is 0 Å². The van der Waals surface area contributed by atoms with Crippen molar-refractivity contribution in [2.75, 3.05) is 27.0 Å². The van der Waals surface area contributed by atoms with Crippen molar-refractivity contribution in [1.82, 2.24) is 0 Å². The van der Waals surface area contributed by atoms with Gasteiger partial charge in [-0.1, -0.05) is 6.30 Å². The van der Waals surface area contributed by atoms with Gasteiger partial charge in [0, 0.05) is 18.4 Å². The Bertz CT molecular complexity index is 152. The molecule has 1 rings (SSSR count). The number of hydrogen-bond donors (Lipinski definition) is 0. The SMILES string of the molecule is C=PC1C(PC)CO[C@@H]1COC. The van der Waals surface area contributed by atoms with Gasteiger partial charge < -0.3 is 9.47 Å². The second-order valence-electron chi connectivity index (χ2n) is 2.90. The summed E-state index contributed by atoms with van der Waals surface area (Å²) in [7, 11) is 3.89. The van der Waals surface area contributed by atoms with Crippen LogP contribution in [0.3, 0.4) is 0 Å². The molecule has 1 aliphatic rings. The Balaban J connectivity index is 2.49. The Morgan fingerprint density at radius 3 is 3.00 bits per heavy atom. The second-order valence-corrected chi connectivity index (χ2v) is 5.18. The average molecular weight is 206 g/mol. The van der Waals surface area contributed by atoms with E-state index in [1.807, 2.05) is 0 Å². The fraction of sp³-hybridized carbons (Fsp3) is 0.875. The van der Waals surface area contributed by atoms with Crippen LogP contribution in [-0.2, 0) is 9.47 Å². The minimum absolute atomic E-state index is 0.284. The van der Waals surface area contributed by atoms with Crippen molar-refractivity contribution < 1.29 is 9.47 Å². The van der Waals surface area contributed by atoms with E-state index in [0.717, 1.165) is 15.2 Å². The Hall–Kier alpha value is 0.520. The van der Waals surface area contributed by atoms with Gasteiger partial charge in [-0.2, -0.15) is 0 Å². The first-order valence-electron chi connectivity index (χ1n) is 4.07. The molecule has 70 valence electrons. The van der Waals surface area contributed by atoms with Crippen LogP contribution in [0.15, 0.2) is 0 Å². The summed E-state index contributed by atoms with van der Waals surface area (Å²) in [5.41, 5.74) is 1.30. The lowest BCUT2D eigenvalue weighted by Gasteiger charge is -2.16. The van der Waals surface area contributed by atoms with E-state index in [1.54, 1.807) is 7.11 Å². The molecule has 2 nitrogen and oxygen atoms in total. The largest absolute Gasteiger partial charge is 0.382 e. The fourth-order valence-electron chi connectivity index (χ4n) is 1.49. The first-order valence-corrected chi connectivity index (χ1v) is 6.79. The van der Waals surface area contributed by atoms with E-state index in [0.29, 0.717) is 17.9 Å². The number of ether oxygens (including phenoxy) is 2. The lowest BCUT2D eigenvalue weighted by molar-refractivity contribution is 0.0399. The molecule has 1 heterocycles. The highest BCUT2D eigenvalue weighted by molar-refractivity contribution is 7.42. The molecule has 0 N–H and O–H groups in total. The molecule has 0 bridgehead atoms. The van der Waals surface area contributed by atoms with Crippen LogP contribution in [0, 0.1) is 0 Å². The van der Waals surface area contributed by atoms with Gasteiger partial charge in [0.15, 0.2) is 0 Å². The molecule has 0 saturated carbocycles. The predicted molar refractivity (Wildman–Crippen MR) is 57.5 cm³/mol. The van der Waals surface area contributed by atoms with Gasteiger partial charge in [0.2, 0.25) is 0 Å². The lowest BCUT2D eigenvalue weighted by Crippen LogP contribution is -2.26. The monoisotopic (exact) mass is 206 g/mol. The lowest BCUT2D eigenvalue weighted by atomic mass is 10.2. The summed E-state index contributed by atoms with van der Waals surface area (Å²) in [5.74, 6) is 0. The Labute approximate surface area is 77.6 Å². The highest BCUT2D eigenvalue weighted by Crippen LogP contribution is 2.34. The molecule has 0 amide bonds. The van der Waals surface area contributed by atoms with E-state index in [1.165, 1.54) is 8.20 Å². The summed E-state index contributed by atoms with van der Waals surface area (Å²) in [6.07, 6.45) is 4.22. The van der Waals surface area contributed by atoms with Crippen LogP contribution < -0.4 is 0 Å². The van der Waals surface area contributed by atoms with Gasteiger partial charge in [0.1, 0.15) is 0 Å². The van der Waals surface area contributed by atoms with Gasteiger partial charge in [-0.3, -0.25) is 0 Å². The van der Waals surface area contributed by atoms with E-state index >= 15 is 0 Å². The van der Waals surface area contributed by atoms with Crippen LogP contribution in [0.5, 0.6) is 0 Å². The van der Waals surface area contributed by atoms with Crippen molar-refractivity contribution in [2.24, 2.45) is 0 Å². The summed E-state index contributed by atoms with van der Waals surface area (Å²) in [6.45, 7) is 3.85. The zero-order chi connectivity index (χ0) is 8.97. The van der Waals surface area contributed by atoms with Crippen LogP contribution in [0.25, 0.3) is 0 Å². The maximum absolute atomic E-state index is 5.64. The normalized spacial score (nSPS) is 37.0. The minimum atomic E-state index is 0.284. The number of rotatable bonds is 4. The minimum Gasteiger partial charge on any atom is -0.382 e. The Morgan fingerprint density at radius 2 is 2.50 bits per heavy atom. The third-order valence-electron chi connectivity index (χ3n) is 2.20. The molecule has 0 radical (unpaired) electrons. The van der Waals surface area contributed by atoms with Crippen LogP contribution in [0.4, 0.5) is 0 Å². The second kappa shape index (κ2) is 5.29. The van der Waals surface area contributed by atoms with Gasteiger partial charge in [-0.25, -0.2) is 0 Å². The van der Waals surface area contributed by atoms with Gasteiger partial charge >= 0.3 is 0 Å². The number of hydrogen-bond acceptors (Lipinski definition) is 2. The van der Waals surface area contributed by atoms with Gasteiger partial charge in [0.05, 0.1) is 19.3 Å². The highest BCUT2D eigenvalue weighted by atomic mass is 31.1. The predicted octanol–water partition coefficient (Wildman–Crippen LogP) is 1.46. The zero-order valence-electron chi connectivity index (χ0n) is 7.62. The van der Waals surface area contributed by atoms with Crippen LogP contribution in [0.1, 0.15) is 0 Å². The quantitative estimate of drug-likeness (QED) is 0.648. The Kier molecular flexibility index (Phi) is 4.68. The zero-order valence-corrected chi connectivity index (χ0v) is 9.51. The van der Waals surface area contributed by atoms with Gasteiger partial charge in [-0.05, 0) is 6.66 Å². The van der Waals surface area contributed by atoms with E-state index in [-0.39, 0.29) is 6.10 Å². The molecular formula is C8H16O2P2. The third kappa shape index (κ3) is 2.26. The first-order chi connectivity index (χ1) is 5.83. The molecule has 1 saturated heterocycles. The molecule has 0 aliphatic carbocycles. The third-order valence-corrected chi connectivity index (χ3v) is 4.86. The maximum atomic E-state index is 5.64. The summed E-state index contributed by atoms with van der Waals surface area (Å²) >= 11 is 0. The molecule has 1 fully saturated rings. The molecule has 0 aromatic rings. The topological polar surface area (TPSA) is 18.5 Å². The highest BCUT2D eigenvalue weighted by Gasteiger charge is 2.34. The molecule has 3 unspecified atom stereocenters. The van der Waals surface area contributed by atoms with Crippen molar-refractivity contribution in [3.05, 3.63) is 0 Å². The molecule has 0 aromatic carbocycles. The van der Waals surface area contributed by atoms with Crippen molar-refractivity contribution in [3.8, 4) is 0 Å². The molecule has 0 spiro atoms. The summed E-state index contributed by atoms with van der Waals surface area (Å²) in [4.78, 5) is 0. The van der Waals surface area contributed by atoms with Gasteiger partial charge in [-0.15, -0.1) is 16.8 Å². The van der Waals surface area contributed by atoms with Crippen molar-refractivity contribution in [2.45, 2.75) is 17.4 Å². The maximum Gasteiger partial charge on any atom is 0.0918 e. The Morgan fingerprint density at radius 1 is 1.75 bits per heavy atom. The summed E-state index contributed by atoms with van der Waals surface area (Å²) < 4.78 is 10.7. The fourth-order valence-corrected chi connectivity index (χ4v) is 3.82. The smallest absolute Gasteiger partial charge is 0.0918 e. The molecular weight excluding hydrogens is 190 g/mol. The molecule has 4 atom stereocenters. The average Bonchev–Trinajstić information content (AvgIpc) is 2.47. The van der Waals surface area contributed by atoms with E-state index in [9.17, 15) is 0 Å². The molecule has 12 heavy (non-hydrogen) atoms. The summed E-state index contributed by atoms with van der Waals surface area (Å²) in [5, 5.41) is 0. The molecule has 4 heteroatoms. The van der Waals surface area contributed by atoms with Gasteiger partial charge in [0.25, 0.3) is 0 Å². The standard InChI is InChI=1S/C8H16O2P2/c1-9-4-6-8(12-3)7(11-2)5-10-6/h6-8,11H,3-5H2,1-2H3/t6-,7?,8?/m1/s1. The van der Waals surface area contributed by atoms with Crippen LogP contribution in [-0.4, -0.2) is 50.7 Å². The van der Waals surface area contributed by atoms with E-state index in [4.69, 9.17) is 9.47 Å². The van der Waals surface area contributed by atoms with E-state index in [2.05, 4.69) is 13.0 Å². The molecule has 0 aromatic heterocycles. The van der Waals surface area contributed by atoms with Crippen molar-refractivity contribution in [1.29, 1.82) is 0 Å². The van der Waals surface area contributed by atoms with Crippen molar-refractivity contribution >= 4 is 23.1 Å². The number of methoxy groups -OCH3 is 1. The first kappa shape index (κ1) is 10.6. The van der Waals surface area contributed by atoms with Crippen LogP contribution >= 0.6 is 16.8 Å². The molecule has 1 aliphatic heterocycles. The van der Waals surface area contributed by atoms with Crippen molar-refractivity contribution in [3.63, 3.8) is 0 Å².